The van der Waals surface area contributed by atoms with Crippen molar-refractivity contribution in [2.24, 2.45) is 0 Å². The second-order valence-corrected chi connectivity index (χ2v) is 9.07. The van der Waals surface area contributed by atoms with Gasteiger partial charge in [-0.05, 0) is 37.0 Å². The first kappa shape index (κ1) is 18.6. The minimum absolute atomic E-state index is 0.0456. The Morgan fingerprint density at radius 3 is 2.62 bits per heavy atom. The summed E-state index contributed by atoms with van der Waals surface area (Å²) >= 11 is 7.79. The SMILES string of the molecule is O=C([C@@H]1C[C@H](N2CCC(O)(c3ccc(Cl)cc3)CC2)CN1)N1CCSC1. The Morgan fingerprint density at radius 1 is 1.23 bits per heavy atom. The van der Waals surface area contributed by atoms with Crippen LogP contribution in [0.4, 0.5) is 0 Å². The van der Waals surface area contributed by atoms with Gasteiger partial charge in [-0.25, -0.2) is 0 Å². The van der Waals surface area contributed by atoms with Gasteiger partial charge in [0.15, 0.2) is 0 Å². The van der Waals surface area contributed by atoms with Gasteiger partial charge in [0.1, 0.15) is 0 Å². The molecule has 3 aliphatic rings. The number of halogens is 1. The molecule has 2 N–H and O–H groups in total. The second-order valence-electron chi connectivity index (χ2n) is 7.56. The highest BCUT2D eigenvalue weighted by molar-refractivity contribution is 7.99. The van der Waals surface area contributed by atoms with Crippen LogP contribution in [0.25, 0.3) is 0 Å². The lowest BCUT2D eigenvalue weighted by atomic mass is 9.84. The number of likely N-dealkylation sites (tertiary alicyclic amines) is 1. The van der Waals surface area contributed by atoms with Gasteiger partial charge >= 0.3 is 0 Å². The normalized spacial score (nSPS) is 29.2. The second kappa shape index (κ2) is 7.68. The van der Waals surface area contributed by atoms with Crippen LogP contribution < -0.4 is 5.32 Å². The number of nitrogens with zero attached hydrogens (tertiary/aromatic N) is 2. The number of benzene rings is 1. The van der Waals surface area contributed by atoms with E-state index in [1.54, 1.807) is 0 Å². The molecule has 0 aliphatic carbocycles. The molecule has 1 aromatic rings. The van der Waals surface area contributed by atoms with Crippen molar-refractivity contribution >= 4 is 29.3 Å². The monoisotopic (exact) mass is 395 g/mol. The van der Waals surface area contributed by atoms with Crippen molar-refractivity contribution in [3.05, 3.63) is 34.9 Å². The minimum atomic E-state index is -0.769. The standard InChI is InChI=1S/C19H26ClN3O2S/c20-15-3-1-14(2-4-15)19(25)5-7-22(8-6-19)16-11-17(21-12-16)18(24)23-9-10-26-13-23/h1-4,16-17,21,25H,5-13H2/t16-,17-/m0/s1. The number of carbonyl (C=O) groups excluding carboxylic acids is 1. The van der Waals surface area contributed by atoms with E-state index in [1.165, 1.54) is 0 Å². The van der Waals surface area contributed by atoms with Crippen molar-refractivity contribution < 1.29 is 9.90 Å². The number of amides is 1. The third-order valence-electron chi connectivity index (χ3n) is 5.99. The van der Waals surface area contributed by atoms with Crippen molar-refractivity contribution in [1.82, 2.24) is 15.1 Å². The van der Waals surface area contributed by atoms with E-state index in [9.17, 15) is 9.90 Å². The van der Waals surface area contributed by atoms with Gasteiger partial charge in [0, 0.05) is 43.0 Å². The van der Waals surface area contributed by atoms with Crippen LogP contribution in [-0.4, -0.2) is 70.7 Å². The quantitative estimate of drug-likeness (QED) is 0.818. The van der Waals surface area contributed by atoms with Gasteiger partial charge in [-0.3, -0.25) is 9.69 Å². The Balaban J connectivity index is 1.32. The summed E-state index contributed by atoms with van der Waals surface area (Å²) < 4.78 is 0. The molecule has 4 rings (SSSR count). The van der Waals surface area contributed by atoms with Crippen LogP contribution >= 0.6 is 23.4 Å². The molecule has 0 spiro atoms. The van der Waals surface area contributed by atoms with E-state index in [-0.39, 0.29) is 11.9 Å². The highest BCUT2D eigenvalue weighted by Crippen LogP contribution is 2.35. The van der Waals surface area contributed by atoms with Gasteiger partial charge in [0.25, 0.3) is 0 Å². The molecule has 3 saturated heterocycles. The fourth-order valence-corrected chi connectivity index (χ4v) is 5.38. The number of carbonyl (C=O) groups is 1. The van der Waals surface area contributed by atoms with E-state index < -0.39 is 5.60 Å². The van der Waals surface area contributed by atoms with E-state index in [0.717, 1.165) is 49.8 Å². The first-order valence-corrected chi connectivity index (χ1v) is 10.9. The van der Waals surface area contributed by atoms with Crippen molar-refractivity contribution in [2.45, 2.75) is 36.9 Å². The molecule has 0 bridgehead atoms. The predicted molar refractivity (Wildman–Crippen MR) is 105 cm³/mol. The van der Waals surface area contributed by atoms with Crippen LogP contribution in [0.5, 0.6) is 0 Å². The molecule has 1 aromatic carbocycles. The highest BCUT2D eigenvalue weighted by Gasteiger charge is 2.40. The third-order valence-corrected chi connectivity index (χ3v) is 7.21. The van der Waals surface area contributed by atoms with Gasteiger partial charge in [-0.15, -0.1) is 11.8 Å². The Hall–Kier alpha value is -0.790. The summed E-state index contributed by atoms with van der Waals surface area (Å²) in [5, 5.41) is 15.1. The molecular formula is C19H26ClN3O2S. The zero-order valence-electron chi connectivity index (χ0n) is 14.9. The summed E-state index contributed by atoms with van der Waals surface area (Å²) in [5.74, 6) is 2.14. The zero-order chi connectivity index (χ0) is 18.1. The molecule has 2 atom stereocenters. The summed E-state index contributed by atoms with van der Waals surface area (Å²) in [7, 11) is 0. The van der Waals surface area contributed by atoms with Gasteiger partial charge in [0.05, 0.1) is 17.5 Å². The van der Waals surface area contributed by atoms with E-state index in [1.807, 2.05) is 40.9 Å². The van der Waals surface area contributed by atoms with Crippen LogP contribution in [0.2, 0.25) is 5.02 Å². The van der Waals surface area contributed by atoms with Gasteiger partial charge < -0.3 is 15.3 Å². The number of hydrogen-bond donors (Lipinski definition) is 2. The van der Waals surface area contributed by atoms with Crippen LogP contribution in [-0.2, 0) is 10.4 Å². The lowest BCUT2D eigenvalue weighted by Gasteiger charge is -2.41. The van der Waals surface area contributed by atoms with Crippen LogP contribution in [0.3, 0.4) is 0 Å². The molecule has 0 unspecified atom stereocenters. The maximum absolute atomic E-state index is 12.6. The predicted octanol–water partition coefficient (Wildman–Crippen LogP) is 1.89. The number of piperidine rings is 1. The van der Waals surface area contributed by atoms with Crippen LogP contribution in [0.15, 0.2) is 24.3 Å². The number of nitrogens with one attached hydrogen (secondary N) is 1. The van der Waals surface area contributed by atoms with Crippen molar-refractivity contribution in [3.63, 3.8) is 0 Å². The molecule has 1 amide bonds. The summed E-state index contributed by atoms with van der Waals surface area (Å²) in [5.41, 5.74) is 0.181. The maximum atomic E-state index is 12.6. The topological polar surface area (TPSA) is 55.8 Å². The summed E-state index contributed by atoms with van der Waals surface area (Å²) in [6.07, 6.45) is 2.30. The Morgan fingerprint density at radius 2 is 1.96 bits per heavy atom. The Bertz CT molecular complexity index is 643. The molecule has 0 radical (unpaired) electrons. The Labute approximate surface area is 164 Å². The largest absolute Gasteiger partial charge is 0.385 e. The molecule has 3 heterocycles. The molecule has 0 aromatic heterocycles. The average Bonchev–Trinajstić information content (AvgIpc) is 3.34. The summed E-state index contributed by atoms with van der Waals surface area (Å²) in [4.78, 5) is 17.0. The van der Waals surface area contributed by atoms with E-state index in [0.29, 0.717) is 23.9 Å². The summed E-state index contributed by atoms with van der Waals surface area (Å²) in [6.45, 7) is 3.44. The number of aliphatic hydroxyl groups is 1. The first-order chi connectivity index (χ1) is 12.5. The van der Waals surface area contributed by atoms with Crippen LogP contribution in [0.1, 0.15) is 24.8 Å². The minimum Gasteiger partial charge on any atom is -0.385 e. The Kier molecular flexibility index (Phi) is 5.48. The zero-order valence-corrected chi connectivity index (χ0v) is 16.4. The number of thioether (sulfide) groups is 1. The maximum Gasteiger partial charge on any atom is 0.240 e. The van der Waals surface area contributed by atoms with Gasteiger partial charge in [-0.1, -0.05) is 23.7 Å². The smallest absolute Gasteiger partial charge is 0.240 e. The van der Waals surface area contributed by atoms with E-state index in [4.69, 9.17) is 11.6 Å². The lowest BCUT2D eigenvalue weighted by molar-refractivity contribution is -0.131. The number of hydrogen-bond acceptors (Lipinski definition) is 5. The molecule has 3 fully saturated rings. The van der Waals surface area contributed by atoms with Crippen molar-refractivity contribution in [3.8, 4) is 0 Å². The molecule has 3 aliphatic heterocycles. The summed E-state index contributed by atoms with van der Waals surface area (Å²) in [6, 6.07) is 7.88. The molecular weight excluding hydrogens is 370 g/mol. The van der Waals surface area contributed by atoms with Gasteiger partial charge in [-0.2, -0.15) is 0 Å². The van der Waals surface area contributed by atoms with E-state index >= 15 is 0 Å². The van der Waals surface area contributed by atoms with E-state index in [2.05, 4.69) is 10.2 Å². The molecule has 7 heteroatoms. The molecule has 0 saturated carbocycles. The fourth-order valence-electron chi connectivity index (χ4n) is 4.30. The van der Waals surface area contributed by atoms with Crippen molar-refractivity contribution in [2.75, 3.05) is 37.8 Å². The fraction of sp³-hybridized carbons (Fsp3) is 0.632. The molecule has 26 heavy (non-hydrogen) atoms. The van der Waals surface area contributed by atoms with Gasteiger partial charge in [0.2, 0.25) is 5.91 Å². The third kappa shape index (κ3) is 3.76. The lowest BCUT2D eigenvalue weighted by Crippen LogP contribution is -2.47. The van der Waals surface area contributed by atoms with Crippen molar-refractivity contribution in [1.29, 1.82) is 0 Å². The number of rotatable bonds is 3. The average molecular weight is 396 g/mol. The molecule has 142 valence electrons. The van der Waals surface area contributed by atoms with Crippen LogP contribution in [0, 0.1) is 0 Å². The first-order valence-electron chi connectivity index (χ1n) is 9.37. The highest BCUT2D eigenvalue weighted by atomic mass is 35.5. The molecule has 5 nitrogen and oxygen atoms in total.